The van der Waals surface area contributed by atoms with Crippen LogP contribution in [0.2, 0.25) is 0 Å². The third-order valence-corrected chi connectivity index (χ3v) is 1.92. The van der Waals surface area contributed by atoms with Crippen LogP contribution in [0.25, 0.3) is 0 Å². The molecule has 0 aromatic rings. The summed E-state index contributed by atoms with van der Waals surface area (Å²) in [5.74, 6) is 0. The van der Waals surface area contributed by atoms with E-state index in [0.29, 0.717) is 13.0 Å². The van der Waals surface area contributed by atoms with E-state index in [0.717, 1.165) is 0 Å². The number of hydrogen-bond acceptors (Lipinski definition) is 3. The van der Waals surface area contributed by atoms with E-state index in [1.54, 1.807) is 0 Å². The zero-order valence-corrected chi connectivity index (χ0v) is 5.79. The highest BCUT2D eigenvalue weighted by Crippen LogP contribution is 2.26. The molecule has 58 valence electrons. The molecule has 0 bridgehead atoms. The molecule has 0 radical (unpaired) electrons. The van der Waals surface area contributed by atoms with Crippen LogP contribution in [0.3, 0.4) is 0 Å². The van der Waals surface area contributed by atoms with Gasteiger partial charge in [0.2, 0.25) is 0 Å². The van der Waals surface area contributed by atoms with E-state index in [-0.39, 0.29) is 6.61 Å². The van der Waals surface area contributed by atoms with E-state index in [1.807, 2.05) is 0 Å². The molecular formula is C7H12O3. The Hall–Kier alpha value is -0.380. The standard InChI is InChI=1S/C7H12O3/c1-2-7(5-8)6(9)3-4-10-7/h2,6,8-9H,1,3-5H2. The first kappa shape index (κ1) is 7.72. The minimum atomic E-state index is -0.889. The van der Waals surface area contributed by atoms with Crippen LogP contribution in [0.15, 0.2) is 12.7 Å². The molecule has 10 heavy (non-hydrogen) atoms. The predicted molar refractivity (Wildman–Crippen MR) is 36.6 cm³/mol. The Labute approximate surface area is 59.9 Å². The van der Waals surface area contributed by atoms with Gasteiger partial charge in [0.15, 0.2) is 0 Å². The van der Waals surface area contributed by atoms with Crippen molar-refractivity contribution in [2.45, 2.75) is 18.1 Å². The van der Waals surface area contributed by atoms with Crippen LogP contribution in [-0.4, -0.2) is 35.1 Å². The van der Waals surface area contributed by atoms with Crippen molar-refractivity contribution in [3.63, 3.8) is 0 Å². The van der Waals surface area contributed by atoms with E-state index in [9.17, 15) is 5.11 Å². The van der Waals surface area contributed by atoms with Crippen molar-refractivity contribution < 1.29 is 14.9 Å². The van der Waals surface area contributed by atoms with Gasteiger partial charge >= 0.3 is 0 Å². The largest absolute Gasteiger partial charge is 0.393 e. The number of aliphatic hydroxyl groups excluding tert-OH is 2. The molecule has 3 nitrogen and oxygen atoms in total. The Kier molecular flexibility index (Phi) is 2.08. The minimum absolute atomic E-state index is 0.197. The first-order chi connectivity index (χ1) is 4.75. The van der Waals surface area contributed by atoms with Gasteiger partial charge in [0.05, 0.1) is 19.3 Å². The summed E-state index contributed by atoms with van der Waals surface area (Å²) < 4.78 is 5.13. The van der Waals surface area contributed by atoms with Crippen LogP contribution in [0.1, 0.15) is 6.42 Å². The molecule has 0 aromatic heterocycles. The van der Waals surface area contributed by atoms with E-state index in [1.165, 1.54) is 6.08 Å². The van der Waals surface area contributed by atoms with Crippen molar-refractivity contribution in [2.75, 3.05) is 13.2 Å². The Bertz CT molecular complexity index is 135. The Morgan fingerprint density at radius 2 is 2.50 bits per heavy atom. The molecule has 1 rings (SSSR count). The Morgan fingerprint density at radius 3 is 2.70 bits per heavy atom. The van der Waals surface area contributed by atoms with E-state index in [2.05, 4.69) is 6.58 Å². The third-order valence-electron chi connectivity index (χ3n) is 1.92. The third kappa shape index (κ3) is 0.963. The maximum atomic E-state index is 9.28. The van der Waals surface area contributed by atoms with Crippen molar-refractivity contribution in [1.82, 2.24) is 0 Å². The topological polar surface area (TPSA) is 49.7 Å². The first-order valence-corrected chi connectivity index (χ1v) is 3.31. The quantitative estimate of drug-likeness (QED) is 0.522. The molecule has 0 saturated carbocycles. The van der Waals surface area contributed by atoms with Crippen LogP contribution in [0.4, 0.5) is 0 Å². The summed E-state index contributed by atoms with van der Waals surface area (Å²) in [5, 5.41) is 18.1. The van der Waals surface area contributed by atoms with E-state index >= 15 is 0 Å². The summed E-state index contributed by atoms with van der Waals surface area (Å²) in [5.41, 5.74) is -0.889. The average molecular weight is 144 g/mol. The van der Waals surface area contributed by atoms with Crippen LogP contribution >= 0.6 is 0 Å². The van der Waals surface area contributed by atoms with Crippen LogP contribution in [0, 0.1) is 0 Å². The van der Waals surface area contributed by atoms with Crippen LogP contribution < -0.4 is 0 Å². The Balaban J connectivity index is 2.70. The molecule has 0 spiro atoms. The zero-order valence-electron chi connectivity index (χ0n) is 5.79. The van der Waals surface area contributed by atoms with Gasteiger partial charge in [-0.1, -0.05) is 6.08 Å². The second-order valence-electron chi connectivity index (χ2n) is 2.47. The van der Waals surface area contributed by atoms with E-state index in [4.69, 9.17) is 9.84 Å². The lowest BCUT2D eigenvalue weighted by Gasteiger charge is -2.24. The fourth-order valence-corrected chi connectivity index (χ4v) is 1.11. The molecule has 1 aliphatic heterocycles. The van der Waals surface area contributed by atoms with Crippen molar-refractivity contribution >= 4 is 0 Å². The van der Waals surface area contributed by atoms with Gasteiger partial charge in [0, 0.05) is 0 Å². The lowest BCUT2D eigenvalue weighted by molar-refractivity contribution is -0.0548. The first-order valence-electron chi connectivity index (χ1n) is 3.31. The van der Waals surface area contributed by atoms with Crippen LogP contribution in [-0.2, 0) is 4.74 Å². The van der Waals surface area contributed by atoms with Gasteiger partial charge < -0.3 is 14.9 Å². The van der Waals surface area contributed by atoms with Crippen molar-refractivity contribution in [3.05, 3.63) is 12.7 Å². The monoisotopic (exact) mass is 144 g/mol. The maximum absolute atomic E-state index is 9.28. The fourth-order valence-electron chi connectivity index (χ4n) is 1.11. The normalized spacial score (nSPS) is 40.0. The predicted octanol–water partition coefficient (Wildman–Crippen LogP) is -0.315. The molecular weight excluding hydrogens is 132 g/mol. The van der Waals surface area contributed by atoms with Gasteiger partial charge in [-0.3, -0.25) is 0 Å². The lowest BCUT2D eigenvalue weighted by Crippen LogP contribution is -2.40. The molecule has 0 aliphatic carbocycles. The summed E-state index contributed by atoms with van der Waals surface area (Å²) in [6.07, 6.45) is 1.44. The van der Waals surface area contributed by atoms with Crippen LogP contribution in [0.5, 0.6) is 0 Å². The molecule has 2 atom stereocenters. The van der Waals surface area contributed by atoms with Gasteiger partial charge in [-0.05, 0) is 6.42 Å². The molecule has 2 unspecified atom stereocenters. The minimum Gasteiger partial charge on any atom is -0.393 e. The molecule has 2 N–H and O–H groups in total. The highest BCUT2D eigenvalue weighted by atomic mass is 16.5. The number of rotatable bonds is 2. The average Bonchev–Trinajstić information content (AvgIpc) is 2.32. The highest BCUT2D eigenvalue weighted by molar-refractivity contribution is 5.05. The van der Waals surface area contributed by atoms with Gasteiger partial charge in [-0.2, -0.15) is 0 Å². The summed E-state index contributed by atoms with van der Waals surface area (Å²) in [4.78, 5) is 0. The zero-order chi connectivity index (χ0) is 7.61. The smallest absolute Gasteiger partial charge is 0.135 e. The van der Waals surface area contributed by atoms with Gasteiger partial charge in [-0.15, -0.1) is 6.58 Å². The molecule has 3 heteroatoms. The van der Waals surface area contributed by atoms with Gasteiger partial charge in [0.25, 0.3) is 0 Å². The molecule has 1 aliphatic rings. The lowest BCUT2D eigenvalue weighted by atomic mass is 9.98. The number of aliphatic hydroxyl groups is 2. The maximum Gasteiger partial charge on any atom is 0.135 e. The van der Waals surface area contributed by atoms with Gasteiger partial charge in [0.1, 0.15) is 5.60 Å². The number of ether oxygens (including phenoxy) is 1. The summed E-state index contributed by atoms with van der Waals surface area (Å²) in [6, 6.07) is 0. The second kappa shape index (κ2) is 2.70. The van der Waals surface area contributed by atoms with Crippen molar-refractivity contribution in [1.29, 1.82) is 0 Å². The molecule has 1 fully saturated rings. The fraction of sp³-hybridized carbons (Fsp3) is 0.714. The van der Waals surface area contributed by atoms with Crippen molar-refractivity contribution in [2.24, 2.45) is 0 Å². The Morgan fingerprint density at radius 1 is 1.80 bits per heavy atom. The summed E-state index contributed by atoms with van der Waals surface area (Å²) >= 11 is 0. The SMILES string of the molecule is C=CC1(CO)OCCC1O. The second-order valence-corrected chi connectivity index (χ2v) is 2.47. The summed E-state index contributed by atoms with van der Waals surface area (Å²) in [7, 11) is 0. The van der Waals surface area contributed by atoms with Gasteiger partial charge in [-0.25, -0.2) is 0 Å². The highest BCUT2D eigenvalue weighted by Gasteiger charge is 2.40. The number of hydrogen-bond donors (Lipinski definition) is 2. The summed E-state index contributed by atoms with van der Waals surface area (Å²) in [6.45, 7) is 3.79. The molecule has 0 aromatic carbocycles. The molecule has 1 saturated heterocycles. The van der Waals surface area contributed by atoms with E-state index < -0.39 is 11.7 Å². The molecule has 0 amide bonds. The van der Waals surface area contributed by atoms with Crippen molar-refractivity contribution in [3.8, 4) is 0 Å². The molecule has 1 heterocycles.